The van der Waals surface area contributed by atoms with Crippen molar-refractivity contribution < 1.29 is 13.2 Å². The largest absolute Gasteiger partial charge is 0.416 e. The highest BCUT2D eigenvalue weighted by atomic mass is 19.4. The van der Waals surface area contributed by atoms with E-state index < -0.39 is 11.7 Å². The number of hydrogen-bond acceptors (Lipinski definition) is 7. The number of benzene rings is 1. The first kappa shape index (κ1) is 20.5. The van der Waals surface area contributed by atoms with Crippen molar-refractivity contribution in [3.05, 3.63) is 29.8 Å². The fraction of sp³-hybridized carbons (Fsp3) is 0.550. The smallest absolute Gasteiger partial charge is 0.341 e. The number of aromatic nitrogens is 3. The minimum atomic E-state index is -4.35. The molecule has 2 N–H and O–H groups in total. The van der Waals surface area contributed by atoms with Crippen molar-refractivity contribution in [2.24, 2.45) is 0 Å². The molecule has 0 amide bonds. The highest BCUT2D eigenvalue weighted by molar-refractivity contribution is 5.51. The molecule has 0 atom stereocenters. The number of rotatable bonds is 5. The lowest BCUT2D eigenvalue weighted by atomic mass is 10.1. The van der Waals surface area contributed by atoms with Gasteiger partial charge in [0, 0.05) is 26.2 Å². The van der Waals surface area contributed by atoms with Crippen LogP contribution in [0.3, 0.4) is 0 Å². The van der Waals surface area contributed by atoms with Gasteiger partial charge >= 0.3 is 6.18 Å². The first-order valence-electron chi connectivity index (χ1n) is 10.4. The fourth-order valence-electron chi connectivity index (χ4n) is 3.75. The van der Waals surface area contributed by atoms with Crippen LogP contribution in [-0.4, -0.2) is 41.1 Å². The summed E-state index contributed by atoms with van der Waals surface area (Å²) in [5.74, 6) is 1.63. The van der Waals surface area contributed by atoms with Crippen LogP contribution in [0.15, 0.2) is 24.3 Å². The fourth-order valence-corrected chi connectivity index (χ4v) is 3.75. The summed E-state index contributed by atoms with van der Waals surface area (Å²) in [6.07, 6.45) is 2.50. The number of hydrazine groups is 1. The molecular formula is C20H26F3N7. The predicted octanol–water partition coefficient (Wildman–Crippen LogP) is 4.31. The molecule has 162 valence electrons. The highest BCUT2D eigenvalue weighted by Gasteiger charge is 2.30. The molecule has 0 spiro atoms. The first-order valence-corrected chi connectivity index (χ1v) is 10.4. The maximum Gasteiger partial charge on any atom is 0.416 e. The molecular weight excluding hydrogens is 395 g/mol. The van der Waals surface area contributed by atoms with E-state index in [1.165, 1.54) is 25.0 Å². The molecule has 7 nitrogen and oxygen atoms in total. The van der Waals surface area contributed by atoms with E-state index in [4.69, 9.17) is 4.98 Å². The minimum Gasteiger partial charge on any atom is -0.341 e. The van der Waals surface area contributed by atoms with Crippen LogP contribution in [0.4, 0.5) is 36.7 Å². The summed E-state index contributed by atoms with van der Waals surface area (Å²) in [5, 5.41) is 0. The normalized spacial score (nSPS) is 17.7. The zero-order valence-electron chi connectivity index (χ0n) is 16.8. The lowest BCUT2D eigenvalue weighted by molar-refractivity contribution is -0.137. The number of nitrogens with zero attached hydrogens (tertiary/aromatic N) is 5. The molecule has 0 saturated carbocycles. The maximum atomic E-state index is 12.7. The monoisotopic (exact) mass is 421 g/mol. The van der Waals surface area contributed by atoms with Gasteiger partial charge in [-0.1, -0.05) is 0 Å². The van der Waals surface area contributed by atoms with Crippen molar-refractivity contribution in [3.8, 4) is 0 Å². The van der Waals surface area contributed by atoms with E-state index in [2.05, 4.69) is 30.6 Å². The second-order valence-corrected chi connectivity index (χ2v) is 7.68. The van der Waals surface area contributed by atoms with Crippen molar-refractivity contribution in [1.82, 2.24) is 15.0 Å². The van der Waals surface area contributed by atoms with Gasteiger partial charge in [0.05, 0.1) is 11.3 Å². The van der Waals surface area contributed by atoms with Crippen molar-refractivity contribution in [2.75, 3.05) is 46.8 Å². The molecule has 4 rings (SSSR count). The SMILES string of the molecule is FC(F)(F)c1ccc(NNc2nc(N3CCCCC3)nc(N3CCCCC3)n2)cc1. The first-order chi connectivity index (χ1) is 14.5. The van der Waals surface area contributed by atoms with Gasteiger partial charge in [-0.25, -0.2) is 0 Å². The van der Waals surface area contributed by atoms with E-state index in [0.29, 0.717) is 23.5 Å². The highest BCUT2D eigenvalue weighted by Crippen LogP contribution is 2.30. The van der Waals surface area contributed by atoms with Crippen LogP contribution in [0, 0.1) is 0 Å². The van der Waals surface area contributed by atoms with Crippen LogP contribution in [0.1, 0.15) is 44.1 Å². The number of halogens is 3. The number of piperidine rings is 2. The lowest BCUT2D eigenvalue weighted by Gasteiger charge is -2.30. The maximum absolute atomic E-state index is 12.7. The van der Waals surface area contributed by atoms with Crippen LogP contribution in [0.2, 0.25) is 0 Å². The van der Waals surface area contributed by atoms with Gasteiger partial charge < -0.3 is 9.80 Å². The molecule has 1 aromatic carbocycles. The van der Waals surface area contributed by atoms with Crippen LogP contribution >= 0.6 is 0 Å². The third kappa shape index (κ3) is 5.03. The number of alkyl halides is 3. The lowest BCUT2D eigenvalue weighted by Crippen LogP contribution is -2.34. The van der Waals surface area contributed by atoms with Gasteiger partial charge in [-0.2, -0.15) is 28.1 Å². The van der Waals surface area contributed by atoms with Crippen LogP contribution in [0.5, 0.6) is 0 Å². The minimum absolute atomic E-state index is 0.353. The van der Waals surface area contributed by atoms with Gasteiger partial charge in [0.2, 0.25) is 17.8 Å². The van der Waals surface area contributed by atoms with E-state index in [9.17, 15) is 13.2 Å². The van der Waals surface area contributed by atoms with Gasteiger partial charge in [0.15, 0.2) is 0 Å². The number of hydrogen-bond donors (Lipinski definition) is 2. The Kier molecular flexibility index (Phi) is 6.10. The molecule has 2 aromatic rings. The Hall–Kier alpha value is -2.78. The van der Waals surface area contributed by atoms with Gasteiger partial charge in [0.1, 0.15) is 0 Å². The second-order valence-electron chi connectivity index (χ2n) is 7.68. The second kappa shape index (κ2) is 8.93. The van der Waals surface area contributed by atoms with Crippen molar-refractivity contribution in [2.45, 2.75) is 44.7 Å². The Morgan fingerprint density at radius 2 is 1.17 bits per heavy atom. The van der Waals surface area contributed by atoms with Gasteiger partial charge in [-0.15, -0.1) is 0 Å². The topological polar surface area (TPSA) is 69.2 Å². The van der Waals surface area contributed by atoms with Crippen molar-refractivity contribution >= 4 is 23.5 Å². The molecule has 1 aromatic heterocycles. The molecule has 0 unspecified atom stereocenters. The van der Waals surface area contributed by atoms with Gasteiger partial charge in [-0.05, 0) is 62.8 Å². The third-order valence-electron chi connectivity index (χ3n) is 5.42. The Labute approximate surface area is 173 Å². The molecule has 0 aliphatic carbocycles. The summed E-state index contributed by atoms with van der Waals surface area (Å²) in [7, 11) is 0. The molecule has 0 radical (unpaired) electrons. The van der Waals surface area contributed by atoms with E-state index >= 15 is 0 Å². The zero-order chi connectivity index (χ0) is 21.0. The molecule has 10 heteroatoms. The molecule has 0 bridgehead atoms. The van der Waals surface area contributed by atoms with Crippen LogP contribution < -0.4 is 20.7 Å². The van der Waals surface area contributed by atoms with Gasteiger partial charge in [-0.3, -0.25) is 10.9 Å². The zero-order valence-corrected chi connectivity index (χ0v) is 16.8. The summed E-state index contributed by atoms with van der Waals surface area (Å²) in [6.45, 7) is 3.65. The van der Waals surface area contributed by atoms with Crippen molar-refractivity contribution in [1.29, 1.82) is 0 Å². The average molecular weight is 421 g/mol. The van der Waals surface area contributed by atoms with E-state index in [-0.39, 0.29) is 0 Å². The van der Waals surface area contributed by atoms with E-state index in [1.54, 1.807) is 0 Å². The molecule has 2 aliphatic heterocycles. The third-order valence-corrected chi connectivity index (χ3v) is 5.42. The summed E-state index contributed by atoms with van der Waals surface area (Å²) < 4.78 is 38.2. The molecule has 2 aliphatic rings. The molecule has 30 heavy (non-hydrogen) atoms. The van der Waals surface area contributed by atoms with E-state index in [0.717, 1.165) is 64.0 Å². The molecule has 2 saturated heterocycles. The quantitative estimate of drug-likeness (QED) is 0.697. The predicted molar refractivity (Wildman–Crippen MR) is 111 cm³/mol. The standard InChI is InChI=1S/C20H26F3N7/c21-20(22,23)15-7-9-16(10-8-15)27-28-17-24-18(29-11-3-1-4-12-29)26-19(25-17)30-13-5-2-6-14-30/h7-10,27H,1-6,11-14H2,(H,24,25,26,28). The number of anilines is 4. The Morgan fingerprint density at radius 1 is 0.667 bits per heavy atom. The van der Waals surface area contributed by atoms with Crippen LogP contribution in [0.25, 0.3) is 0 Å². The average Bonchev–Trinajstić information content (AvgIpc) is 2.78. The van der Waals surface area contributed by atoms with Crippen LogP contribution in [-0.2, 0) is 6.18 Å². The molecule has 2 fully saturated rings. The summed E-state index contributed by atoms with van der Waals surface area (Å²) in [5.41, 5.74) is 5.63. The van der Waals surface area contributed by atoms with E-state index in [1.807, 2.05) is 0 Å². The van der Waals surface area contributed by atoms with Crippen molar-refractivity contribution in [3.63, 3.8) is 0 Å². The summed E-state index contributed by atoms with van der Waals surface area (Å²) in [6, 6.07) is 4.81. The Bertz CT molecular complexity index is 793. The van der Waals surface area contributed by atoms with Gasteiger partial charge in [0.25, 0.3) is 0 Å². The number of nitrogens with one attached hydrogen (secondary N) is 2. The Balaban J connectivity index is 1.52. The summed E-state index contributed by atoms with van der Waals surface area (Å²) >= 11 is 0. The molecule has 3 heterocycles. The Morgan fingerprint density at radius 3 is 1.63 bits per heavy atom. The summed E-state index contributed by atoms with van der Waals surface area (Å²) in [4.78, 5) is 18.1.